The Bertz CT molecular complexity index is 580. The maximum atomic E-state index is 11.7. The minimum Gasteiger partial charge on any atom is -0.394 e. The minimum atomic E-state index is -1.16. The van der Waals surface area contributed by atoms with Gasteiger partial charge in [-0.2, -0.15) is 0 Å². The van der Waals surface area contributed by atoms with E-state index in [1.165, 1.54) is 12.3 Å². The highest BCUT2D eigenvalue weighted by molar-refractivity contribution is 4.94. The Kier molecular flexibility index (Phi) is 4.50. The van der Waals surface area contributed by atoms with Gasteiger partial charge in [-0.15, -0.1) is 6.58 Å². The number of hydrogen-bond acceptors (Lipinski definition) is 6. The van der Waals surface area contributed by atoms with Crippen LogP contribution in [0.25, 0.3) is 0 Å². The van der Waals surface area contributed by atoms with E-state index in [9.17, 15) is 19.8 Å². The van der Waals surface area contributed by atoms with Crippen LogP contribution < -0.4 is 11.2 Å². The van der Waals surface area contributed by atoms with Crippen molar-refractivity contribution in [3.05, 3.63) is 45.8 Å². The van der Waals surface area contributed by atoms with Crippen LogP contribution in [0.4, 0.5) is 0 Å². The molecule has 1 aromatic rings. The molecule has 8 nitrogen and oxygen atoms in total. The van der Waals surface area contributed by atoms with E-state index in [0.717, 1.165) is 10.6 Å². The quantitative estimate of drug-likeness (QED) is 0.559. The molecule has 0 spiro atoms. The van der Waals surface area contributed by atoms with E-state index in [2.05, 4.69) is 11.6 Å². The van der Waals surface area contributed by atoms with Gasteiger partial charge >= 0.3 is 5.69 Å². The standard InChI is InChI=1S/C12H16N2O6/c1-2-5-19-10-7(6-15)20-11(9(10)17)14-4-3-8(16)13-12(14)18/h2-4,7,9-11,15,17H,1,5-6H2,(H,13,16,18)/t7-,9?,10+,11-/m1/s1. The van der Waals surface area contributed by atoms with Crippen LogP contribution in [0.15, 0.2) is 34.5 Å². The van der Waals surface area contributed by atoms with Crippen molar-refractivity contribution >= 4 is 0 Å². The van der Waals surface area contributed by atoms with Crippen molar-refractivity contribution in [1.82, 2.24) is 9.55 Å². The molecule has 0 amide bonds. The van der Waals surface area contributed by atoms with Crippen LogP contribution in [0.3, 0.4) is 0 Å². The van der Waals surface area contributed by atoms with E-state index in [1.807, 2.05) is 0 Å². The molecule has 2 rings (SSSR count). The summed E-state index contributed by atoms with van der Waals surface area (Å²) in [5, 5.41) is 19.4. The third-order valence-corrected chi connectivity index (χ3v) is 3.02. The van der Waals surface area contributed by atoms with Gasteiger partial charge in [0.25, 0.3) is 5.56 Å². The summed E-state index contributed by atoms with van der Waals surface area (Å²) in [7, 11) is 0. The smallest absolute Gasteiger partial charge is 0.330 e. The zero-order valence-corrected chi connectivity index (χ0v) is 10.6. The highest BCUT2D eigenvalue weighted by Gasteiger charge is 2.45. The Balaban J connectivity index is 2.27. The molecular formula is C12H16N2O6. The monoisotopic (exact) mass is 284 g/mol. The highest BCUT2D eigenvalue weighted by atomic mass is 16.6. The SMILES string of the molecule is C=CCO[C@@H]1C(O)[C@H](n2ccc(=O)[nH]c2=O)O[C@@H]1CO. The average molecular weight is 284 g/mol. The molecule has 3 N–H and O–H groups in total. The Hall–Kier alpha value is -1.74. The van der Waals surface area contributed by atoms with Crippen LogP contribution in [0.5, 0.6) is 0 Å². The van der Waals surface area contributed by atoms with Crippen LogP contribution >= 0.6 is 0 Å². The average Bonchev–Trinajstić information content (AvgIpc) is 2.73. The van der Waals surface area contributed by atoms with E-state index in [1.54, 1.807) is 0 Å². The number of H-pyrrole nitrogens is 1. The lowest BCUT2D eigenvalue weighted by Gasteiger charge is -2.19. The normalized spacial score (nSPS) is 29.5. The van der Waals surface area contributed by atoms with Gasteiger partial charge in [0.15, 0.2) is 6.23 Å². The number of hydrogen-bond donors (Lipinski definition) is 3. The first kappa shape index (κ1) is 14.7. The molecule has 110 valence electrons. The predicted octanol–water partition coefficient (Wildman–Crippen LogP) is -1.64. The number of nitrogens with zero attached hydrogens (tertiary/aromatic N) is 1. The maximum absolute atomic E-state index is 11.7. The summed E-state index contributed by atoms with van der Waals surface area (Å²) in [5.41, 5.74) is -1.25. The summed E-state index contributed by atoms with van der Waals surface area (Å²) < 4.78 is 11.8. The summed E-state index contributed by atoms with van der Waals surface area (Å²) in [5.74, 6) is 0. The maximum Gasteiger partial charge on any atom is 0.330 e. The molecule has 0 aromatic carbocycles. The summed E-state index contributed by atoms with van der Waals surface area (Å²) in [4.78, 5) is 24.8. The molecule has 4 atom stereocenters. The zero-order valence-electron chi connectivity index (χ0n) is 10.6. The first-order valence-corrected chi connectivity index (χ1v) is 6.07. The second-order valence-corrected chi connectivity index (χ2v) is 4.34. The largest absolute Gasteiger partial charge is 0.394 e. The molecule has 8 heteroatoms. The predicted molar refractivity (Wildman–Crippen MR) is 68.3 cm³/mol. The van der Waals surface area contributed by atoms with Crippen molar-refractivity contribution < 1.29 is 19.7 Å². The Morgan fingerprint density at radius 2 is 2.30 bits per heavy atom. The number of nitrogens with one attached hydrogen (secondary N) is 1. The first-order valence-electron chi connectivity index (χ1n) is 6.07. The van der Waals surface area contributed by atoms with Crippen LogP contribution in [0, 0.1) is 0 Å². The molecule has 1 aliphatic rings. The third-order valence-electron chi connectivity index (χ3n) is 3.02. The van der Waals surface area contributed by atoms with E-state index >= 15 is 0 Å². The van der Waals surface area contributed by atoms with Crippen LogP contribution in [-0.2, 0) is 9.47 Å². The fourth-order valence-electron chi connectivity index (χ4n) is 2.11. The Morgan fingerprint density at radius 1 is 1.55 bits per heavy atom. The van der Waals surface area contributed by atoms with Gasteiger partial charge in [-0.1, -0.05) is 6.08 Å². The second kappa shape index (κ2) is 6.14. The molecule has 1 aromatic heterocycles. The van der Waals surface area contributed by atoms with Crippen molar-refractivity contribution in [1.29, 1.82) is 0 Å². The summed E-state index contributed by atoms with van der Waals surface area (Å²) in [6, 6.07) is 1.14. The summed E-state index contributed by atoms with van der Waals surface area (Å²) in [6.45, 7) is 3.30. The fourth-order valence-corrected chi connectivity index (χ4v) is 2.11. The molecular weight excluding hydrogens is 268 g/mol. The van der Waals surface area contributed by atoms with Crippen LogP contribution in [0.2, 0.25) is 0 Å². The van der Waals surface area contributed by atoms with Gasteiger partial charge in [0.1, 0.15) is 18.3 Å². The van der Waals surface area contributed by atoms with Crippen LogP contribution in [-0.4, -0.2) is 51.3 Å². The van der Waals surface area contributed by atoms with E-state index in [-0.39, 0.29) is 13.2 Å². The molecule has 1 saturated heterocycles. The van der Waals surface area contributed by atoms with Crippen molar-refractivity contribution in [2.24, 2.45) is 0 Å². The first-order chi connectivity index (χ1) is 9.58. The van der Waals surface area contributed by atoms with Gasteiger partial charge in [0, 0.05) is 12.3 Å². The highest BCUT2D eigenvalue weighted by Crippen LogP contribution is 2.30. The number of aromatic amines is 1. The zero-order chi connectivity index (χ0) is 14.7. The molecule has 0 saturated carbocycles. The lowest BCUT2D eigenvalue weighted by molar-refractivity contribution is -0.0591. The van der Waals surface area contributed by atoms with Crippen LogP contribution in [0.1, 0.15) is 6.23 Å². The van der Waals surface area contributed by atoms with Crippen molar-refractivity contribution in [3.8, 4) is 0 Å². The van der Waals surface area contributed by atoms with Crippen molar-refractivity contribution in [3.63, 3.8) is 0 Å². The molecule has 0 bridgehead atoms. The molecule has 1 fully saturated rings. The number of aliphatic hydroxyl groups excluding tert-OH is 2. The van der Waals surface area contributed by atoms with Crippen molar-refractivity contribution in [2.45, 2.75) is 24.5 Å². The van der Waals surface area contributed by atoms with Gasteiger partial charge < -0.3 is 19.7 Å². The lowest BCUT2D eigenvalue weighted by atomic mass is 10.1. The fraction of sp³-hybridized carbons (Fsp3) is 0.500. The van der Waals surface area contributed by atoms with E-state index in [4.69, 9.17) is 9.47 Å². The van der Waals surface area contributed by atoms with Gasteiger partial charge in [-0.25, -0.2) is 4.79 Å². The number of aromatic nitrogens is 2. The third kappa shape index (κ3) is 2.73. The van der Waals surface area contributed by atoms with E-state index < -0.39 is 35.8 Å². The number of ether oxygens (including phenoxy) is 2. The topological polar surface area (TPSA) is 114 Å². The van der Waals surface area contributed by atoms with Gasteiger partial charge in [-0.05, 0) is 0 Å². The van der Waals surface area contributed by atoms with Gasteiger partial charge in [-0.3, -0.25) is 14.3 Å². The van der Waals surface area contributed by atoms with Gasteiger partial charge in [0.2, 0.25) is 0 Å². The lowest BCUT2D eigenvalue weighted by Crippen LogP contribution is -2.39. The van der Waals surface area contributed by atoms with Gasteiger partial charge in [0.05, 0.1) is 13.2 Å². The molecule has 1 aliphatic heterocycles. The molecule has 0 radical (unpaired) electrons. The summed E-state index contributed by atoms with van der Waals surface area (Å²) >= 11 is 0. The number of aliphatic hydroxyl groups is 2. The molecule has 1 unspecified atom stereocenters. The van der Waals surface area contributed by atoms with Crippen molar-refractivity contribution in [2.75, 3.05) is 13.2 Å². The summed E-state index contributed by atoms with van der Waals surface area (Å²) in [6.07, 6.45) is -1.03. The Labute approximate surface area is 113 Å². The minimum absolute atomic E-state index is 0.175. The number of rotatable bonds is 5. The second-order valence-electron chi connectivity index (χ2n) is 4.34. The Morgan fingerprint density at radius 3 is 2.90 bits per heavy atom. The molecule has 2 heterocycles. The molecule has 0 aliphatic carbocycles. The molecule has 20 heavy (non-hydrogen) atoms. The van der Waals surface area contributed by atoms with E-state index in [0.29, 0.717) is 0 Å².